The van der Waals surface area contributed by atoms with Crippen LogP contribution in [-0.2, 0) is 4.74 Å². The van der Waals surface area contributed by atoms with Gasteiger partial charge in [0.1, 0.15) is 59.1 Å². The average molecular weight is 418 g/mol. The van der Waals surface area contributed by atoms with Crippen molar-refractivity contribution in [3.8, 4) is 23.0 Å². The van der Waals surface area contributed by atoms with Crippen molar-refractivity contribution in [2.45, 2.75) is 50.0 Å². The van der Waals surface area contributed by atoms with Gasteiger partial charge in [-0.05, 0) is 24.6 Å². The molecule has 0 aliphatic carbocycles. The lowest BCUT2D eigenvalue weighted by atomic mass is 9.87. The number of hydrogen-bond acceptors (Lipinski definition) is 9. The van der Waals surface area contributed by atoms with Crippen molar-refractivity contribution in [3.63, 3.8) is 0 Å². The molecule has 6 atom stereocenters. The highest BCUT2D eigenvalue weighted by Crippen LogP contribution is 2.50. The Morgan fingerprint density at radius 3 is 2.27 bits per heavy atom. The van der Waals surface area contributed by atoms with Crippen LogP contribution in [-0.4, -0.2) is 60.8 Å². The topological polar surface area (TPSA) is 157 Å². The third-order valence-corrected chi connectivity index (χ3v) is 5.59. The second-order valence-electron chi connectivity index (χ2n) is 7.59. The molecule has 2 aliphatic rings. The van der Waals surface area contributed by atoms with Gasteiger partial charge in [0.25, 0.3) is 0 Å². The van der Waals surface area contributed by atoms with Gasteiger partial charge in [-0.3, -0.25) is 4.79 Å². The molecule has 0 aromatic heterocycles. The maximum atomic E-state index is 12.8. The standard InChI is InChI=1S/C21H22O9/c1-8-17(26)18(27)19(28)21(29-8)16-12(24)6-11(23)15-13(25)7-14(30-20(15)16)9-2-4-10(22)5-3-9/h2-6,8,14,17-19,21-24,26-28H,7H2,1H3/t8-,14?,17-,18+,19+,21-/m0/s1. The van der Waals surface area contributed by atoms with Crippen molar-refractivity contribution in [2.75, 3.05) is 0 Å². The fraction of sp³-hybridized carbons (Fsp3) is 0.381. The summed E-state index contributed by atoms with van der Waals surface area (Å²) in [5.74, 6) is -1.56. The number of hydrogen-bond donors (Lipinski definition) is 6. The maximum absolute atomic E-state index is 12.8. The minimum Gasteiger partial charge on any atom is -0.508 e. The van der Waals surface area contributed by atoms with Gasteiger partial charge < -0.3 is 40.1 Å². The molecule has 2 aliphatic heterocycles. The highest BCUT2D eigenvalue weighted by molar-refractivity contribution is 6.03. The Labute approximate surface area is 171 Å². The summed E-state index contributed by atoms with van der Waals surface area (Å²) in [7, 11) is 0. The quantitative estimate of drug-likeness (QED) is 0.419. The molecule has 0 saturated carbocycles. The van der Waals surface area contributed by atoms with Crippen LogP contribution in [0.2, 0.25) is 0 Å². The minimum atomic E-state index is -1.62. The van der Waals surface area contributed by atoms with Gasteiger partial charge in [0.05, 0.1) is 18.1 Å². The number of Topliss-reactive ketones (excluding diaryl/α,β-unsaturated/α-hetero) is 1. The number of ketones is 1. The molecule has 4 rings (SSSR count). The largest absolute Gasteiger partial charge is 0.508 e. The number of aliphatic hydroxyl groups excluding tert-OH is 3. The lowest BCUT2D eigenvalue weighted by Gasteiger charge is -2.41. The Morgan fingerprint density at radius 1 is 0.933 bits per heavy atom. The lowest BCUT2D eigenvalue weighted by Crippen LogP contribution is -2.53. The van der Waals surface area contributed by atoms with Crippen LogP contribution in [0.25, 0.3) is 0 Å². The molecule has 1 saturated heterocycles. The number of benzene rings is 2. The summed E-state index contributed by atoms with van der Waals surface area (Å²) in [6.45, 7) is 1.49. The maximum Gasteiger partial charge on any atom is 0.174 e. The third kappa shape index (κ3) is 3.25. The van der Waals surface area contributed by atoms with E-state index in [-0.39, 0.29) is 29.0 Å². The van der Waals surface area contributed by atoms with E-state index in [2.05, 4.69) is 0 Å². The summed E-state index contributed by atoms with van der Waals surface area (Å²) in [4.78, 5) is 12.8. The van der Waals surface area contributed by atoms with Crippen LogP contribution in [0.3, 0.4) is 0 Å². The smallest absolute Gasteiger partial charge is 0.174 e. The van der Waals surface area contributed by atoms with Crippen molar-refractivity contribution in [1.82, 2.24) is 0 Å². The third-order valence-electron chi connectivity index (χ3n) is 5.59. The molecule has 2 heterocycles. The predicted molar refractivity (Wildman–Crippen MR) is 102 cm³/mol. The first-order valence-electron chi connectivity index (χ1n) is 9.46. The van der Waals surface area contributed by atoms with Crippen LogP contribution in [0.15, 0.2) is 30.3 Å². The summed E-state index contributed by atoms with van der Waals surface area (Å²) in [6, 6.07) is 6.98. The second-order valence-corrected chi connectivity index (χ2v) is 7.59. The van der Waals surface area contributed by atoms with E-state index in [0.717, 1.165) is 6.07 Å². The van der Waals surface area contributed by atoms with Crippen molar-refractivity contribution < 1.29 is 44.9 Å². The van der Waals surface area contributed by atoms with E-state index >= 15 is 0 Å². The zero-order valence-corrected chi connectivity index (χ0v) is 16.0. The Hall–Kier alpha value is -2.85. The first-order chi connectivity index (χ1) is 14.2. The number of carbonyl (C=O) groups is 1. The van der Waals surface area contributed by atoms with Crippen molar-refractivity contribution in [3.05, 3.63) is 47.0 Å². The lowest BCUT2D eigenvalue weighted by molar-refractivity contribution is -0.220. The normalized spacial score (nSPS) is 31.1. The number of aromatic hydroxyl groups is 3. The molecule has 0 spiro atoms. The molecule has 0 amide bonds. The number of phenolic OH excluding ortho intramolecular Hbond substituents is 3. The van der Waals surface area contributed by atoms with Crippen LogP contribution >= 0.6 is 0 Å². The van der Waals surface area contributed by atoms with E-state index in [1.54, 1.807) is 12.1 Å². The van der Waals surface area contributed by atoms with E-state index in [9.17, 15) is 35.4 Å². The van der Waals surface area contributed by atoms with Crippen molar-refractivity contribution in [2.24, 2.45) is 0 Å². The van der Waals surface area contributed by atoms with Gasteiger partial charge in [-0.25, -0.2) is 0 Å². The molecular formula is C21H22O9. The van der Waals surface area contributed by atoms with Gasteiger partial charge in [-0.15, -0.1) is 0 Å². The second kappa shape index (κ2) is 7.44. The number of rotatable bonds is 2. The Morgan fingerprint density at radius 2 is 1.60 bits per heavy atom. The first kappa shape index (κ1) is 20.4. The monoisotopic (exact) mass is 418 g/mol. The molecule has 1 unspecified atom stereocenters. The summed E-state index contributed by atoms with van der Waals surface area (Å²) >= 11 is 0. The fourth-order valence-corrected chi connectivity index (χ4v) is 3.93. The Bertz CT molecular complexity index is 971. The number of ether oxygens (including phenoxy) is 2. The molecule has 0 bridgehead atoms. The van der Waals surface area contributed by atoms with E-state index in [0.29, 0.717) is 5.56 Å². The molecule has 30 heavy (non-hydrogen) atoms. The fourth-order valence-electron chi connectivity index (χ4n) is 3.93. The summed E-state index contributed by atoms with van der Waals surface area (Å²) in [5.41, 5.74) is 0.307. The van der Waals surface area contributed by atoms with E-state index < -0.39 is 53.9 Å². The molecular weight excluding hydrogens is 396 g/mol. The zero-order valence-electron chi connectivity index (χ0n) is 16.0. The van der Waals surface area contributed by atoms with Gasteiger partial charge in [0.15, 0.2) is 5.78 Å². The molecule has 6 N–H and O–H groups in total. The molecule has 9 nitrogen and oxygen atoms in total. The van der Waals surface area contributed by atoms with Crippen LogP contribution in [0, 0.1) is 0 Å². The number of fused-ring (bicyclic) bond motifs is 1. The van der Waals surface area contributed by atoms with Crippen LogP contribution in [0.4, 0.5) is 0 Å². The summed E-state index contributed by atoms with van der Waals surface area (Å²) < 4.78 is 11.6. The SMILES string of the molecule is C[C@@H]1O[C@@H](c2c(O)cc(O)c3c2OC(c2ccc(O)cc2)CC3=O)[C@H](O)[C@H](O)[C@H]1O. The molecule has 2 aromatic carbocycles. The number of carbonyl (C=O) groups excluding carboxylic acids is 1. The highest BCUT2D eigenvalue weighted by Gasteiger charge is 2.46. The first-order valence-corrected chi connectivity index (χ1v) is 9.46. The number of phenols is 3. The number of aliphatic hydroxyl groups is 3. The zero-order chi connectivity index (χ0) is 21.7. The highest BCUT2D eigenvalue weighted by atomic mass is 16.5. The van der Waals surface area contributed by atoms with Crippen molar-refractivity contribution >= 4 is 5.78 Å². The van der Waals surface area contributed by atoms with Crippen LogP contribution in [0.1, 0.15) is 47.0 Å². The van der Waals surface area contributed by atoms with E-state index in [1.807, 2.05) is 0 Å². The van der Waals surface area contributed by atoms with Gasteiger partial charge in [0.2, 0.25) is 0 Å². The molecule has 9 heteroatoms. The van der Waals surface area contributed by atoms with Crippen LogP contribution < -0.4 is 4.74 Å². The molecule has 1 fully saturated rings. The summed E-state index contributed by atoms with van der Waals surface area (Å²) in [6.07, 6.45) is -7.61. The summed E-state index contributed by atoms with van der Waals surface area (Å²) in [5, 5.41) is 60.8. The predicted octanol–water partition coefficient (Wildman–Crippen LogP) is 1.05. The minimum absolute atomic E-state index is 0.0394. The average Bonchev–Trinajstić information content (AvgIpc) is 2.70. The van der Waals surface area contributed by atoms with Crippen molar-refractivity contribution in [1.29, 1.82) is 0 Å². The Balaban J connectivity index is 1.81. The van der Waals surface area contributed by atoms with Gasteiger partial charge in [-0.1, -0.05) is 12.1 Å². The van der Waals surface area contributed by atoms with Gasteiger partial charge in [0, 0.05) is 6.07 Å². The van der Waals surface area contributed by atoms with Crippen LogP contribution in [0.5, 0.6) is 23.0 Å². The Kier molecular flexibility index (Phi) is 5.07. The molecule has 2 aromatic rings. The van der Waals surface area contributed by atoms with E-state index in [4.69, 9.17) is 9.47 Å². The van der Waals surface area contributed by atoms with Gasteiger partial charge >= 0.3 is 0 Å². The molecule has 0 radical (unpaired) electrons. The van der Waals surface area contributed by atoms with Gasteiger partial charge in [-0.2, -0.15) is 0 Å². The van der Waals surface area contributed by atoms with E-state index in [1.165, 1.54) is 19.1 Å². The molecule has 160 valence electrons.